The van der Waals surface area contributed by atoms with Gasteiger partial charge in [0.15, 0.2) is 0 Å². The summed E-state index contributed by atoms with van der Waals surface area (Å²) in [5.74, 6) is -0.749. The molecule has 76 valence electrons. The molecule has 2 unspecified atom stereocenters. The van der Waals surface area contributed by atoms with E-state index in [9.17, 15) is 9.90 Å². The first kappa shape index (κ1) is 10.5. The van der Waals surface area contributed by atoms with Crippen LogP contribution in [0.4, 0.5) is 0 Å². The predicted octanol–water partition coefficient (Wildman–Crippen LogP) is 0.0730. The van der Waals surface area contributed by atoms with Gasteiger partial charge in [-0.1, -0.05) is 12.8 Å². The lowest BCUT2D eigenvalue weighted by molar-refractivity contribution is -0.155. The maximum absolute atomic E-state index is 11.3. The fourth-order valence-electron chi connectivity index (χ4n) is 1.64. The van der Waals surface area contributed by atoms with Gasteiger partial charge in [-0.25, -0.2) is 0 Å². The lowest BCUT2D eigenvalue weighted by atomic mass is 9.87. The lowest BCUT2D eigenvalue weighted by Gasteiger charge is -2.25. The van der Waals surface area contributed by atoms with Gasteiger partial charge in [0.2, 0.25) is 0 Å². The molecule has 0 heterocycles. The van der Waals surface area contributed by atoms with E-state index < -0.39 is 6.10 Å². The Hall–Kier alpha value is -0.610. The van der Waals surface area contributed by atoms with E-state index in [4.69, 9.17) is 9.84 Å². The van der Waals surface area contributed by atoms with Gasteiger partial charge in [-0.05, 0) is 12.8 Å². The van der Waals surface area contributed by atoms with Crippen molar-refractivity contribution in [3.05, 3.63) is 0 Å². The van der Waals surface area contributed by atoms with Crippen LogP contribution in [-0.4, -0.2) is 35.5 Å². The van der Waals surface area contributed by atoms with Crippen molar-refractivity contribution in [3.63, 3.8) is 0 Å². The van der Waals surface area contributed by atoms with E-state index in [-0.39, 0.29) is 25.1 Å². The van der Waals surface area contributed by atoms with Crippen molar-refractivity contribution < 1.29 is 19.7 Å². The third-order valence-electron chi connectivity index (χ3n) is 2.37. The fraction of sp³-hybridized carbons (Fsp3) is 0.889. The van der Waals surface area contributed by atoms with Crippen LogP contribution in [0.25, 0.3) is 0 Å². The van der Waals surface area contributed by atoms with Crippen LogP contribution < -0.4 is 0 Å². The number of carbonyl (C=O) groups excluding carboxylic acids is 1. The Kier molecular flexibility index (Phi) is 4.18. The second-order valence-corrected chi connectivity index (χ2v) is 3.35. The molecule has 2 atom stereocenters. The molecule has 1 fully saturated rings. The molecule has 2 N–H and O–H groups in total. The summed E-state index contributed by atoms with van der Waals surface area (Å²) in [6, 6.07) is 0. The second kappa shape index (κ2) is 5.19. The molecule has 0 aromatic rings. The van der Waals surface area contributed by atoms with Crippen LogP contribution in [-0.2, 0) is 9.53 Å². The van der Waals surface area contributed by atoms with Crippen LogP contribution in [0.15, 0.2) is 0 Å². The highest BCUT2D eigenvalue weighted by Crippen LogP contribution is 2.25. The van der Waals surface area contributed by atoms with Crippen molar-refractivity contribution in [1.29, 1.82) is 0 Å². The molecule has 0 aromatic carbocycles. The SMILES string of the molecule is O=C(OCCO)C1CCCCC1O. The average molecular weight is 188 g/mol. The Balaban J connectivity index is 2.35. The van der Waals surface area contributed by atoms with Gasteiger partial charge in [0, 0.05) is 0 Å². The molecule has 0 spiro atoms. The van der Waals surface area contributed by atoms with Gasteiger partial charge in [0.1, 0.15) is 6.61 Å². The highest BCUT2D eigenvalue weighted by Gasteiger charge is 2.30. The Morgan fingerprint density at radius 2 is 2.08 bits per heavy atom. The Bertz CT molecular complexity index is 169. The summed E-state index contributed by atoms with van der Waals surface area (Å²) in [5.41, 5.74) is 0. The van der Waals surface area contributed by atoms with E-state index in [1.807, 2.05) is 0 Å². The molecule has 1 rings (SSSR count). The molecule has 4 heteroatoms. The summed E-state index contributed by atoms with van der Waals surface area (Å²) >= 11 is 0. The smallest absolute Gasteiger partial charge is 0.311 e. The lowest BCUT2D eigenvalue weighted by Crippen LogP contribution is -2.33. The number of esters is 1. The third-order valence-corrected chi connectivity index (χ3v) is 2.37. The summed E-state index contributed by atoms with van der Waals surface area (Å²) in [6.07, 6.45) is 2.77. The summed E-state index contributed by atoms with van der Waals surface area (Å²) in [7, 11) is 0. The van der Waals surface area contributed by atoms with Crippen LogP contribution in [0.3, 0.4) is 0 Å². The number of rotatable bonds is 3. The average Bonchev–Trinajstić information content (AvgIpc) is 2.15. The van der Waals surface area contributed by atoms with Gasteiger partial charge in [-0.3, -0.25) is 4.79 Å². The monoisotopic (exact) mass is 188 g/mol. The van der Waals surface area contributed by atoms with Crippen molar-refractivity contribution in [2.24, 2.45) is 5.92 Å². The number of aliphatic hydroxyl groups excluding tert-OH is 2. The molecule has 4 nitrogen and oxygen atoms in total. The van der Waals surface area contributed by atoms with Gasteiger partial charge in [0.05, 0.1) is 18.6 Å². The standard InChI is InChI=1S/C9H16O4/c10-5-6-13-9(12)7-3-1-2-4-8(7)11/h7-8,10-11H,1-6H2. The van der Waals surface area contributed by atoms with E-state index in [0.29, 0.717) is 12.8 Å². The van der Waals surface area contributed by atoms with Gasteiger partial charge in [0.25, 0.3) is 0 Å². The predicted molar refractivity (Wildman–Crippen MR) is 46.0 cm³/mol. The van der Waals surface area contributed by atoms with Crippen LogP contribution in [0.1, 0.15) is 25.7 Å². The molecular weight excluding hydrogens is 172 g/mol. The largest absolute Gasteiger partial charge is 0.463 e. The van der Waals surface area contributed by atoms with E-state index in [0.717, 1.165) is 12.8 Å². The van der Waals surface area contributed by atoms with Crippen LogP contribution in [0.2, 0.25) is 0 Å². The van der Waals surface area contributed by atoms with Crippen molar-refractivity contribution in [1.82, 2.24) is 0 Å². The Morgan fingerprint density at radius 1 is 1.38 bits per heavy atom. The van der Waals surface area contributed by atoms with Crippen LogP contribution >= 0.6 is 0 Å². The van der Waals surface area contributed by atoms with Gasteiger partial charge < -0.3 is 14.9 Å². The molecule has 0 bridgehead atoms. The van der Waals surface area contributed by atoms with Gasteiger partial charge >= 0.3 is 5.97 Å². The fourth-order valence-corrected chi connectivity index (χ4v) is 1.64. The van der Waals surface area contributed by atoms with Gasteiger partial charge in [-0.2, -0.15) is 0 Å². The third kappa shape index (κ3) is 2.97. The summed E-state index contributed by atoms with van der Waals surface area (Å²) in [6.45, 7) is -0.128. The molecular formula is C9H16O4. The molecule has 13 heavy (non-hydrogen) atoms. The highest BCUT2D eigenvalue weighted by molar-refractivity contribution is 5.73. The van der Waals surface area contributed by atoms with Gasteiger partial charge in [-0.15, -0.1) is 0 Å². The zero-order valence-electron chi connectivity index (χ0n) is 7.61. The molecule has 0 amide bonds. The first-order valence-corrected chi connectivity index (χ1v) is 4.71. The topological polar surface area (TPSA) is 66.8 Å². The summed E-state index contributed by atoms with van der Waals surface area (Å²) < 4.78 is 4.75. The van der Waals surface area contributed by atoms with E-state index in [2.05, 4.69) is 0 Å². The molecule has 0 radical (unpaired) electrons. The van der Waals surface area contributed by atoms with Crippen molar-refractivity contribution in [2.75, 3.05) is 13.2 Å². The first-order chi connectivity index (χ1) is 6.25. The second-order valence-electron chi connectivity index (χ2n) is 3.35. The van der Waals surface area contributed by atoms with Crippen molar-refractivity contribution in [3.8, 4) is 0 Å². The van der Waals surface area contributed by atoms with Crippen LogP contribution in [0.5, 0.6) is 0 Å². The quantitative estimate of drug-likeness (QED) is 0.615. The minimum atomic E-state index is -0.556. The molecule has 1 aliphatic rings. The van der Waals surface area contributed by atoms with E-state index >= 15 is 0 Å². The highest BCUT2D eigenvalue weighted by atomic mass is 16.5. The number of carbonyl (C=O) groups is 1. The number of aliphatic hydroxyl groups is 2. The minimum absolute atomic E-state index is 0.0298. The molecule has 1 saturated carbocycles. The summed E-state index contributed by atoms with van der Waals surface area (Å²) in [5, 5.41) is 17.9. The first-order valence-electron chi connectivity index (χ1n) is 4.71. The normalized spacial score (nSPS) is 28.5. The number of hydrogen-bond acceptors (Lipinski definition) is 4. The van der Waals surface area contributed by atoms with Crippen molar-refractivity contribution in [2.45, 2.75) is 31.8 Å². The molecule has 0 aliphatic heterocycles. The van der Waals surface area contributed by atoms with E-state index in [1.165, 1.54) is 0 Å². The Morgan fingerprint density at radius 3 is 2.69 bits per heavy atom. The minimum Gasteiger partial charge on any atom is -0.463 e. The number of hydrogen-bond donors (Lipinski definition) is 2. The zero-order chi connectivity index (χ0) is 9.68. The van der Waals surface area contributed by atoms with Crippen molar-refractivity contribution >= 4 is 5.97 Å². The summed E-state index contributed by atoms with van der Waals surface area (Å²) in [4.78, 5) is 11.3. The molecule has 0 aromatic heterocycles. The molecule has 0 saturated heterocycles. The zero-order valence-corrected chi connectivity index (χ0v) is 7.61. The van der Waals surface area contributed by atoms with E-state index in [1.54, 1.807) is 0 Å². The number of ether oxygens (including phenoxy) is 1. The maximum Gasteiger partial charge on any atom is 0.311 e. The Labute approximate surface area is 77.5 Å². The maximum atomic E-state index is 11.3. The molecule has 1 aliphatic carbocycles. The van der Waals surface area contributed by atoms with Crippen LogP contribution in [0, 0.1) is 5.92 Å².